The molecule has 4 heteroatoms. The molecule has 0 aromatic carbocycles. The quantitative estimate of drug-likeness (QED) is 0.353. The van der Waals surface area contributed by atoms with Crippen molar-refractivity contribution in [2.45, 2.75) is 19.8 Å². The molecule has 0 aromatic heterocycles. The standard InChI is InChI=1S/C8H12O4/c1-3-5-8(10)12-6-11-7(9)4-2/h4H,2-3,5-6H2,1H3. The fourth-order valence-electron chi connectivity index (χ4n) is 0.488. The predicted molar refractivity (Wildman–Crippen MR) is 42.2 cm³/mol. The first-order valence-corrected chi connectivity index (χ1v) is 3.65. The highest BCUT2D eigenvalue weighted by molar-refractivity contribution is 5.81. The Morgan fingerprint density at radius 3 is 2.58 bits per heavy atom. The van der Waals surface area contributed by atoms with Crippen LogP contribution >= 0.6 is 0 Å². The number of carbonyl (C=O) groups is 2. The first kappa shape index (κ1) is 10.7. The molecule has 12 heavy (non-hydrogen) atoms. The lowest BCUT2D eigenvalue weighted by atomic mass is 10.3. The van der Waals surface area contributed by atoms with Crippen LogP contribution in [0.3, 0.4) is 0 Å². The van der Waals surface area contributed by atoms with Gasteiger partial charge in [0.25, 0.3) is 0 Å². The van der Waals surface area contributed by atoms with Crippen LogP contribution in [0.25, 0.3) is 0 Å². The van der Waals surface area contributed by atoms with Gasteiger partial charge in [-0.15, -0.1) is 0 Å². The Morgan fingerprint density at radius 2 is 2.08 bits per heavy atom. The Hall–Kier alpha value is -1.32. The number of ether oxygens (including phenoxy) is 2. The van der Waals surface area contributed by atoms with Crippen molar-refractivity contribution >= 4 is 11.9 Å². The molecule has 0 bridgehead atoms. The first-order valence-electron chi connectivity index (χ1n) is 3.65. The summed E-state index contributed by atoms with van der Waals surface area (Å²) in [7, 11) is 0. The van der Waals surface area contributed by atoms with Crippen molar-refractivity contribution in [3.8, 4) is 0 Å². The third-order valence-electron chi connectivity index (χ3n) is 1.04. The van der Waals surface area contributed by atoms with Gasteiger partial charge >= 0.3 is 11.9 Å². The van der Waals surface area contributed by atoms with Gasteiger partial charge in [0.1, 0.15) is 0 Å². The molecule has 0 aliphatic heterocycles. The van der Waals surface area contributed by atoms with Gasteiger partial charge in [-0.3, -0.25) is 4.79 Å². The smallest absolute Gasteiger partial charge is 0.333 e. The maximum absolute atomic E-state index is 10.7. The van der Waals surface area contributed by atoms with Crippen molar-refractivity contribution in [1.29, 1.82) is 0 Å². The van der Waals surface area contributed by atoms with Gasteiger partial charge in [-0.1, -0.05) is 13.5 Å². The maximum atomic E-state index is 10.7. The van der Waals surface area contributed by atoms with Crippen LogP contribution in [-0.4, -0.2) is 18.7 Å². The molecular weight excluding hydrogens is 160 g/mol. The van der Waals surface area contributed by atoms with E-state index in [1.165, 1.54) is 0 Å². The largest absolute Gasteiger partial charge is 0.428 e. The van der Waals surface area contributed by atoms with E-state index in [-0.39, 0.29) is 12.8 Å². The van der Waals surface area contributed by atoms with Crippen LogP contribution in [0.1, 0.15) is 19.8 Å². The second-order valence-electron chi connectivity index (χ2n) is 2.05. The van der Waals surface area contributed by atoms with E-state index >= 15 is 0 Å². The van der Waals surface area contributed by atoms with E-state index in [4.69, 9.17) is 0 Å². The van der Waals surface area contributed by atoms with Crippen molar-refractivity contribution in [3.05, 3.63) is 12.7 Å². The summed E-state index contributed by atoms with van der Waals surface area (Å²) >= 11 is 0. The zero-order valence-electron chi connectivity index (χ0n) is 7.04. The summed E-state index contributed by atoms with van der Waals surface area (Å²) in [6.45, 7) is 4.71. The summed E-state index contributed by atoms with van der Waals surface area (Å²) < 4.78 is 8.93. The second kappa shape index (κ2) is 6.39. The van der Waals surface area contributed by atoms with Gasteiger partial charge in [0.2, 0.25) is 6.79 Å². The second-order valence-corrected chi connectivity index (χ2v) is 2.05. The first-order chi connectivity index (χ1) is 5.70. The Balaban J connectivity index is 3.36. The highest BCUT2D eigenvalue weighted by Crippen LogP contribution is 1.91. The van der Waals surface area contributed by atoms with Gasteiger partial charge in [0.15, 0.2) is 0 Å². The minimum Gasteiger partial charge on any atom is -0.428 e. The van der Waals surface area contributed by atoms with Gasteiger partial charge < -0.3 is 9.47 Å². The number of carbonyl (C=O) groups excluding carboxylic acids is 2. The summed E-state index contributed by atoms with van der Waals surface area (Å²) in [5.41, 5.74) is 0. The van der Waals surface area contributed by atoms with E-state index in [2.05, 4.69) is 16.1 Å². The Kier molecular flexibility index (Phi) is 5.69. The fraction of sp³-hybridized carbons (Fsp3) is 0.500. The number of esters is 2. The molecule has 0 heterocycles. The zero-order chi connectivity index (χ0) is 9.40. The van der Waals surface area contributed by atoms with E-state index in [9.17, 15) is 9.59 Å². The molecule has 0 aliphatic carbocycles. The maximum Gasteiger partial charge on any atom is 0.333 e. The molecule has 0 rings (SSSR count). The van der Waals surface area contributed by atoms with Crippen LogP contribution < -0.4 is 0 Å². The van der Waals surface area contributed by atoms with Crippen LogP contribution in [-0.2, 0) is 19.1 Å². The average molecular weight is 172 g/mol. The highest BCUT2D eigenvalue weighted by atomic mass is 16.7. The Bertz CT molecular complexity index is 174. The summed E-state index contributed by atoms with van der Waals surface area (Å²) in [5, 5.41) is 0. The lowest BCUT2D eigenvalue weighted by Crippen LogP contribution is -2.10. The monoisotopic (exact) mass is 172 g/mol. The van der Waals surface area contributed by atoms with Crippen LogP contribution in [0.4, 0.5) is 0 Å². The molecule has 0 saturated heterocycles. The minimum absolute atomic E-state index is 0.330. The molecule has 0 aromatic rings. The SMILES string of the molecule is C=CC(=O)OCOC(=O)CCC. The average Bonchev–Trinajstić information content (AvgIpc) is 2.04. The number of hydrogen-bond donors (Lipinski definition) is 0. The molecular formula is C8H12O4. The molecule has 0 atom stereocenters. The lowest BCUT2D eigenvalue weighted by molar-refractivity contribution is -0.163. The molecule has 0 N–H and O–H groups in total. The van der Waals surface area contributed by atoms with E-state index in [1.54, 1.807) is 0 Å². The molecule has 0 spiro atoms. The van der Waals surface area contributed by atoms with E-state index < -0.39 is 5.97 Å². The molecule has 0 radical (unpaired) electrons. The van der Waals surface area contributed by atoms with Gasteiger partial charge in [0.05, 0.1) is 0 Å². The summed E-state index contributed by atoms with van der Waals surface area (Å²) in [5.74, 6) is -0.964. The van der Waals surface area contributed by atoms with Crippen molar-refractivity contribution in [2.24, 2.45) is 0 Å². The van der Waals surface area contributed by atoms with Crippen molar-refractivity contribution in [2.75, 3.05) is 6.79 Å². The Labute approximate surface area is 71.2 Å². The molecule has 0 fully saturated rings. The third-order valence-corrected chi connectivity index (χ3v) is 1.04. The summed E-state index contributed by atoms with van der Waals surface area (Å²) in [4.78, 5) is 21.1. The number of rotatable bonds is 5. The molecule has 0 amide bonds. The van der Waals surface area contributed by atoms with Crippen molar-refractivity contribution in [1.82, 2.24) is 0 Å². The van der Waals surface area contributed by atoms with E-state index in [0.717, 1.165) is 6.08 Å². The van der Waals surface area contributed by atoms with Gasteiger partial charge in [-0.05, 0) is 6.42 Å². The molecule has 68 valence electrons. The van der Waals surface area contributed by atoms with Gasteiger partial charge in [-0.25, -0.2) is 4.79 Å². The van der Waals surface area contributed by atoms with Crippen LogP contribution in [0.15, 0.2) is 12.7 Å². The Morgan fingerprint density at radius 1 is 1.42 bits per heavy atom. The predicted octanol–water partition coefficient (Wildman–Crippen LogP) is 1.02. The van der Waals surface area contributed by atoms with Gasteiger partial charge in [0, 0.05) is 12.5 Å². The van der Waals surface area contributed by atoms with E-state index in [0.29, 0.717) is 12.8 Å². The van der Waals surface area contributed by atoms with Gasteiger partial charge in [-0.2, -0.15) is 0 Å². The number of hydrogen-bond acceptors (Lipinski definition) is 4. The fourth-order valence-corrected chi connectivity index (χ4v) is 0.488. The normalized spacial score (nSPS) is 8.75. The summed E-state index contributed by atoms with van der Waals surface area (Å²) in [6, 6.07) is 0. The molecule has 0 saturated carbocycles. The molecule has 4 nitrogen and oxygen atoms in total. The highest BCUT2D eigenvalue weighted by Gasteiger charge is 2.01. The topological polar surface area (TPSA) is 52.6 Å². The molecule has 0 aliphatic rings. The van der Waals surface area contributed by atoms with E-state index in [1.807, 2.05) is 6.92 Å². The van der Waals surface area contributed by atoms with Crippen LogP contribution in [0.5, 0.6) is 0 Å². The van der Waals surface area contributed by atoms with Crippen molar-refractivity contribution in [3.63, 3.8) is 0 Å². The van der Waals surface area contributed by atoms with Crippen LogP contribution in [0, 0.1) is 0 Å². The lowest BCUT2D eigenvalue weighted by Gasteiger charge is -2.02. The summed E-state index contributed by atoms with van der Waals surface area (Å²) in [6.07, 6.45) is 2.06. The minimum atomic E-state index is -0.598. The van der Waals surface area contributed by atoms with Crippen LogP contribution in [0.2, 0.25) is 0 Å². The molecule has 0 unspecified atom stereocenters. The van der Waals surface area contributed by atoms with Crippen molar-refractivity contribution < 1.29 is 19.1 Å². The third kappa shape index (κ3) is 5.46. The zero-order valence-corrected chi connectivity index (χ0v) is 7.04.